The number of fused-ring (bicyclic) bond motifs is 1. The number of nitrogens with zero attached hydrogens (tertiary/aromatic N) is 4. The van der Waals surface area contributed by atoms with Crippen LogP contribution in [0.3, 0.4) is 0 Å². The summed E-state index contributed by atoms with van der Waals surface area (Å²) in [5, 5.41) is 0.702. The first-order valence-electron chi connectivity index (χ1n) is 8.83. The molecule has 1 amide bonds. The smallest absolute Gasteiger partial charge is 0.255 e. The fourth-order valence-electron chi connectivity index (χ4n) is 3.31. The molecule has 0 aliphatic carbocycles. The van der Waals surface area contributed by atoms with E-state index in [1.807, 2.05) is 58.1 Å². The van der Waals surface area contributed by atoms with Crippen molar-refractivity contribution in [2.24, 2.45) is 0 Å². The number of amides is 1. The van der Waals surface area contributed by atoms with Crippen LogP contribution in [0.2, 0.25) is 5.02 Å². The number of carbonyl (C=O) groups excluding carboxylic acids is 1. The molecule has 3 aromatic rings. The van der Waals surface area contributed by atoms with Crippen LogP contribution in [-0.2, 0) is 0 Å². The number of hydrogen-bond acceptors (Lipinski definition) is 3. The Morgan fingerprint density at radius 2 is 1.81 bits per heavy atom. The van der Waals surface area contributed by atoms with Gasteiger partial charge in [0, 0.05) is 42.6 Å². The zero-order valence-corrected chi connectivity index (χ0v) is 15.5. The van der Waals surface area contributed by atoms with Crippen LogP contribution >= 0.6 is 11.6 Å². The van der Waals surface area contributed by atoms with Gasteiger partial charge in [0.05, 0.1) is 11.3 Å². The Morgan fingerprint density at radius 1 is 1.00 bits per heavy atom. The maximum absolute atomic E-state index is 12.9. The highest BCUT2D eigenvalue weighted by Crippen LogP contribution is 2.22. The summed E-state index contributed by atoms with van der Waals surface area (Å²) in [5.41, 5.74) is 3.38. The number of carbonyl (C=O) groups is 1. The standard InChI is InChI=1S/C20H21ClN4O/c1-23-9-2-10-24(12-11-23)20(26)16-5-8-19-22-18(14-25(19)13-16)15-3-6-17(21)7-4-15/h3-8,13-14H,2,9-12H2,1H3. The lowest BCUT2D eigenvalue weighted by Crippen LogP contribution is -2.34. The summed E-state index contributed by atoms with van der Waals surface area (Å²) in [4.78, 5) is 21.7. The minimum Gasteiger partial charge on any atom is -0.337 e. The van der Waals surface area contributed by atoms with Gasteiger partial charge in [0.1, 0.15) is 5.65 Å². The van der Waals surface area contributed by atoms with E-state index in [4.69, 9.17) is 11.6 Å². The number of likely N-dealkylation sites (N-methyl/N-ethyl adjacent to an activating group) is 1. The minimum atomic E-state index is 0.0870. The zero-order valence-electron chi connectivity index (χ0n) is 14.7. The molecule has 3 heterocycles. The Kier molecular flexibility index (Phi) is 4.66. The van der Waals surface area contributed by atoms with Crippen molar-refractivity contribution in [2.75, 3.05) is 33.2 Å². The first-order valence-corrected chi connectivity index (χ1v) is 9.20. The van der Waals surface area contributed by atoms with Gasteiger partial charge in [-0.15, -0.1) is 0 Å². The van der Waals surface area contributed by atoms with E-state index in [9.17, 15) is 4.79 Å². The molecule has 1 aliphatic rings. The molecule has 1 aromatic carbocycles. The Labute approximate surface area is 157 Å². The molecule has 0 N–H and O–H groups in total. The Bertz CT molecular complexity index is 935. The van der Waals surface area contributed by atoms with Crippen LogP contribution in [0.5, 0.6) is 0 Å². The molecule has 1 aliphatic heterocycles. The van der Waals surface area contributed by atoms with Gasteiger partial charge in [-0.25, -0.2) is 4.98 Å². The average Bonchev–Trinajstić information content (AvgIpc) is 2.95. The predicted molar refractivity (Wildman–Crippen MR) is 104 cm³/mol. The third-order valence-electron chi connectivity index (χ3n) is 4.84. The number of aromatic nitrogens is 2. The Balaban J connectivity index is 1.61. The van der Waals surface area contributed by atoms with Gasteiger partial charge >= 0.3 is 0 Å². The SMILES string of the molecule is CN1CCCN(C(=O)c2ccc3nc(-c4ccc(Cl)cc4)cn3c2)CC1. The molecule has 26 heavy (non-hydrogen) atoms. The van der Waals surface area contributed by atoms with Crippen LogP contribution in [0.1, 0.15) is 16.8 Å². The third kappa shape index (κ3) is 3.45. The predicted octanol–water partition coefficient (Wildman–Crippen LogP) is 3.43. The highest BCUT2D eigenvalue weighted by atomic mass is 35.5. The van der Waals surface area contributed by atoms with Gasteiger partial charge in [0.25, 0.3) is 5.91 Å². The Morgan fingerprint density at radius 3 is 2.62 bits per heavy atom. The van der Waals surface area contributed by atoms with Gasteiger partial charge in [-0.1, -0.05) is 23.7 Å². The van der Waals surface area contributed by atoms with E-state index in [1.54, 1.807) is 0 Å². The van der Waals surface area contributed by atoms with Crippen molar-refractivity contribution in [1.82, 2.24) is 19.2 Å². The molecule has 0 saturated carbocycles. The van der Waals surface area contributed by atoms with E-state index >= 15 is 0 Å². The lowest BCUT2D eigenvalue weighted by atomic mass is 10.2. The monoisotopic (exact) mass is 368 g/mol. The van der Waals surface area contributed by atoms with Crippen LogP contribution in [0.4, 0.5) is 0 Å². The highest BCUT2D eigenvalue weighted by molar-refractivity contribution is 6.30. The van der Waals surface area contributed by atoms with Gasteiger partial charge in [-0.3, -0.25) is 4.79 Å². The lowest BCUT2D eigenvalue weighted by molar-refractivity contribution is 0.0762. The summed E-state index contributed by atoms with van der Waals surface area (Å²) in [5.74, 6) is 0.0870. The second-order valence-electron chi connectivity index (χ2n) is 6.77. The maximum Gasteiger partial charge on any atom is 0.255 e. The molecular formula is C20H21ClN4O. The summed E-state index contributed by atoms with van der Waals surface area (Å²) in [6, 6.07) is 11.4. The number of halogens is 1. The fraction of sp³-hybridized carbons (Fsp3) is 0.300. The Hall–Kier alpha value is -2.37. The molecule has 0 radical (unpaired) electrons. The van der Waals surface area contributed by atoms with Crippen molar-refractivity contribution in [3.8, 4) is 11.3 Å². The van der Waals surface area contributed by atoms with E-state index in [-0.39, 0.29) is 5.91 Å². The molecule has 2 aromatic heterocycles. The van der Waals surface area contributed by atoms with Gasteiger partial charge in [-0.05, 0) is 44.3 Å². The third-order valence-corrected chi connectivity index (χ3v) is 5.10. The van der Waals surface area contributed by atoms with E-state index in [0.29, 0.717) is 10.6 Å². The fourth-order valence-corrected chi connectivity index (χ4v) is 3.44. The van der Waals surface area contributed by atoms with E-state index in [1.165, 1.54) is 0 Å². The molecular weight excluding hydrogens is 348 g/mol. The maximum atomic E-state index is 12.9. The van der Waals surface area contributed by atoms with Gasteiger partial charge in [0.2, 0.25) is 0 Å². The molecule has 0 spiro atoms. The molecule has 5 nitrogen and oxygen atoms in total. The summed E-state index contributed by atoms with van der Waals surface area (Å²) < 4.78 is 1.92. The highest BCUT2D eigenvalue weighted by Gasteiger charge is 2.19. The number of benzene rings is 1. The number of rotatable bonds is 2. The van der Waals surface area contributed by atoms with Crippen molar-refractivity contribution >= 4 is 23.2 Å². The van der Waals surface area contributed by atoms with E-state index in [2.05, 4.69) is 16.9 Å². The zero-order chi connectivity index (χ0) is 18.1. The van der Waals surface area contributed by atoms with Crippen molar-refractivity contribution in [1.29, 1.82) is 0 Å². The van der Waals surface area contributed by atoms with Crippen molar-refractivity contribution in [2.45, 2.75) is 6.42 Å². The molecule has 0 bridgehead atoms. The molecule has 6 heteroatoms. The average molecular weight is 369 g/mol. The molecule has 0 unspecified atom stereocenters. The summed E-state index contributed by atoms with van der Waals surface area (Å²) in [6.45, 7) is 3.53. The van der Waals surface area contributed by atoms with Crippen molar-refractivity contribution in [3.05, 3.63) is 59.4 Å². The van der Waals surface area contributed by atoms with E-state index < -0.39 is 0 Å². The molecule has 0 atom stereocenters. The lowest BCUT2D eigenvalue weighted by Gasteiger charge is -2.20. The van der Waals surface area contributed by atoms with Gasteiger partial charge in [0.15, 0.2) is 0 Å². The normalized spacial score (nSPS) is 16.0. The topological polar surface area (TPSA) is 40.8 Å². The largest absolute Gasteiger partial charge is 0.337 e. The van der Waals surface area contributed by atoms with Crippen LogP contribution < -0.4 is 0 Å². The molecule has 4 rings (SSSR count). The number of hydrogen-bond donors (Lipinski definition) is 0. The van der Waals surface area contributed by atoms with Crippen LogP contribution in [-0.4, -0.2) is 58.3 Å². The first kappa shape index (κ1) is 17.1. The molecule has 134 valence electrons. The minimum absolute atomic E-state index is 0.0870. The first-order chi connectivity index (χ1) is 12.6. The van der Waals surface area contributed by atoms with Crippen LogP contribution in [0, 0.1) is 0 Å². The van der Waals surface area contributed by atoms with Crippen molar-refractivity contribution in [3.63, 3.8) is 0 Å². The quantitative estimate of drug-likeness (QED) is 0.695. The second kappa shape index (κ2) is 7.09. The summed E-state index contributed by atoms with van der Waals surface area (Å²) in [7, 11) is 2.10. The summed E-state index contributed by atoms with van der Waals surface area (Å²) in [6.07, 6.45) is 4.83. The second-order valence-corrected chi connectivity index (χ2v) is 7.20. The number of imidazole rings is 1. The van der Waals surface area contributed by atoms with E-state index in [0.717, 1.165) is 49.5 Å². The van der Waals surface area contributed by atoms with Gasteiger partial charge in [-0.2, -0.15) is 0 Å². The molecule has 1 saturated heterocycles. The summed E-state index contributed by atoms with van der Waals surface area (Å²) >= 11 is 5.96. The van der Waals surface area contributed by atoms with Gasteiger partial charge < -0.3 is 14.2 Å². The number of pyridine rings is 1. The molecule has 1 fully saturated rings. The van der Waals surface area contributed by atoms with Crippen LogP contribution in [0.15, 0.2) is 48.8 Å². The van der Waals surface area contributed by atoms with Crippen LogP contribution in [0.25, 0.3) is 16.9 Å². The van der Waals surface area contributed by atoms with Crippen molar-refractivity contribution < 1.29 is 4.79 Å².